The molecule has 5 nitrogen and oxygen atoms in total. The lowest BCUT2D eigenvalue weighted by atomic mass is 10.2. The van der Waals surface area contributed by atoms with Crippen LogP contribution in [-0.4, -0.2) is 19.9 Å². The molecular formula is C10H6Cl3N3O2. The molecule has 1 heterocycles. The molecule has 8 heteroatoms. The van der Waals surface area contributed by atoms with Crippen LogP contribution in [0.1, 0.15) is 0 Å². The lowest BCUT2D eigenvalue weighted by molar-refractivity contribution is -0.115. The average Bonchev–Trinajstić information content (AvgIpc) is 2.77. The van der Waals surface area contributed by atoms with Gasteiger partial charge in [0.1, 0.15) is 0 Å². The number of aromatic nitrogens is 2. The molecule has 94 valence electrons. The third-order valence-electron chi connectivity index (χ3n) is 1.92. The monoisotopic (exact) mass is 305 g/mol. The number of halogens is 3. The second kappa shape index (κ2) is 5.14. The molecule has 0 fully saturated rings. The molecule has 2 rings (SSSR count). The second-order valence-electron chi connectivity index (χ2n) is 3.23. The van der Waals surface area contributed by atoms with Gasteiger partial charge in [0.25, 0.3) is 9.70 Å². The maximum absolute atomic E-state index is 11.3. The van der Waals surface area contributed by atoms with Crippen molar-refractivity contribution >= 4 is 46.7 Å². The number of nitrogens with zero attached hydrogens (tertiary/aromatic N) is 2. The van der Waals surface area contributed by atoms with Gasteiger partial charge in [-0.25, -0.2) is 0 Å². The normalized spacial score (nSPS) is 11.3. The number of anilines is 1. The fraction of sp³-hybridized carbons (Fsp3) is 0.100. The van der Waals surface area contributed by atoms with Gasteiger partial charge < -0.3 is 4.42 Å². The van der Waals surface area contributed by atoms with Crippen LogP contribution in [0.25, 0.3) is 11.5 Å². The van der Waals surface area contributed by atoms with Crippen LogP contribution in [-0.2, 0) is 4.79 Å². The number of nitrogens with one attached hydrogen (secondary N) is 1. The van der Waals surface area contributed by atoms with E-state index in [4.69, 9.17) is 39.2 Å². The smallest absolute Gasteiger partial charge is 0.322 e. The highest BCUT2D eigenvalue weighted by molar-refractivity contribution is 6.76. The maximum Gasteiger partial charge on any atom is 0.322 e. The molecule has 0 saturated carbocycles. The van der Waals surface area contributed by atoms with Crippen molar-refractivity contribution in [3.05, 3.63) is 30.3 Å². The summed E-state index contributed by atoms with van der Waals surface area (Å²) in [6.07, 6.45) is 0. The minimum atomic E-state index is -2.08. The summed E-state index contributed by atoms with van der Waals surface area (Å²) in [6.45, 7) is 0. The molecule has 1 aromatic carbocycles. The van der Waals surface area contributed by atoms with Crippen LogP contribution in [0.15, 0.2) is 34.7 Å². The van der Waals surface area contributed by atoms with E-state index < -0.39 is 9.70 Å². The number of hydrogen-bond acceptors (Lipinski definition) is 4. The van der Waals surface area contributed by atoms with E-state index in [1.54, 1.807) is 12.1 Å². The molecular weight excluding hydrogens is 300 g/mol. The summed E-state index contributed by atoms with van der Waals surface area (Å²) >= 11 is 16.2. The Balaban J connectivity index is 2.15. The lowest BCUT2D eigenvalue weighted by Gasteiger charge is -2.07. The first-order chi connectivity index (χ1) is 8.47. The first kappa shape index (κ1) is 13.1. The van der Waals surface area contributed by atoms with Crippen molar-refractivity contribution < 1.29 is 9.21 Å². The number of alkyl halides is 3. The lowest BCUT2D eigenvalue weighted by Crippen LogP contribution is -2.27. The standard InChI is InChI=1S/C10H6Cl3N3O2/c11-10(12,13)8(17)14-9-16-15-7(18-9)6-4-2-1-3-5-6/h1-5H,(H,14,16,17). The minimum absolute atomic E-state index is 0.134. The van der Waals surface area contributed by atoms with Crippen molar-refractivity contribution in [2.75, 3.05) is 5.32 Å². The highest BCUT2D eigenvalue weighted by atomic mass is 35.6. The summed E-state index contributed by atoms with van der Waals surface area (Å²) in [5.41, 5.74) is 0.722. The molecule has 0 aliphatic heterocycles. The van der Waals surface area contributed by atoms with Gasteiger partial charge in [0.2, 0.25) is 5.89 Å². The van der Waals surface area contributed by atoms with Crippen molar-refractivity contribution in [3.63, 3.8) is 0 Å². The van der Waals surface area contributed by atoms with Gasteiger partial charge >= 0.3 is 6.01 Å². The summed E-state index contributed by atoms with van der Waals surface area (Å²) < 4.78 is 3.12. The van der Waals surface area contributed by atoms with Gasteiger partial charge in [0.15, 0.2) is 0 Å². The van der Waals surface area contributed by atoms with Gasteiger partial charge in [-0.2, -0.15) is 0 Å². The van der Waals surface area contributed by atoms with Crippen molar-refractivity contribution in [2.24, 2.45) is 0 Å². The molecule has 0 unspecified atom stereocenters. The summed E-state index contributed by atoms with van der Waals surface area (Å²) in [5, 5.41) is 9.58. The largest absolute Gasteiger partial charge is 0.403 e. The first-order valence-corrected chi connectivity index (χ1v) is 5.87. The molecule has 0 radical (unpaired) electrons. The van der Waals surface area contributed by atoms with E-state index in [9.17, 15) is 4.79 Å². The minimum Gasteiger partial charge on any atom is -0.403 e. The molecule has 0 spiro atoms. The van der Waals surface area contributed by atoms with E-state index in [-0.39, 0.29) is 11.9 Å². The third-order valence-corrected chi connectivity index (χ3v) is 2.44. The number of hydrogen-bond donors (Lipinski definition) is 1. The zero-order chi connectivity index (χ0) is 13.2. The van der Waals surface area contributed by atoms with Gasteiger partial charge in [0, 0.05) is 5.56 Å². The summed E-state index contributed by atoms with van der Waals surface area (Å²) in [5.74, 6) is -0.606. The molecule has 2 aromatic rings. The molecule has 1 N–H and O–H groups in total. The molecule has 1 aromatic heterocycles. The predicted octanol–water partition coefficient (Wildman–Crippen LogP) is 3.05. The fourth-order valence-electron chi connectivity index (χ4n) is 1.14. The van der Waals surface area contributed by atoms with E-state index in [1.165, 1.54) is 0 Å². The summed E-state index contributed by atoms with van der Waals surface area (Å²) in [7, 11) is 0. The number of carbonyl (C=O) groups excluding carboxylic acids is 1. The molecule has 0 aliphatic rings. The molecule has 18 heavy (non-hydrogen) atoms. The molecule has 0 saturated heterocycles. The molecule has 1 amide bonds. The number of rotatable bonds is 2. The Morgan fingerprint density at radius 2 is 1.83 bits per heavy atom. The Labute approximate surface area is 117 Å². The summed E-state index contributed by atoms with van der Waals surface area (Å²) in [6, 6.07) is 8.93. The van der Waals surface area contributed by atoms with Crippen LogP contribution in [0, 0.1) is 0 Å². The molecule has 0 bridgehead atoms. The van der Waals surface area contributed by atoms with Crippen LogP contribution < -0.4 is 5.32 Å². The van der Waals surface area contributed by atoms with Crippen molar-refractivity contribution in [1.82, 2.24) is 10.2 Å². The van der Waals surface area contributed by atoms with Gasteiger partial charge in [0.05, 0.1) is 0 Å². The Morgan fingerprint density at radius 1 is 1.17 bits per heavy atom. The van der Waals surface area contributed by atoms with E-state index in [0.717, 1.165) is 5.56 Å². The fourth-order valence-corrected chi connectivity index (χ4v) is 1.28. The Kier molecular flexibility index (Phi) is 3.75. The Hall–Kier alpha value is -1.30. The van der Waals surface area contributed by atoms with E-state index in [2.05, 4.69) is 15.5 Å². The predicted molar refractivity (Wildman–Crippen MR) is 68.7 cm³/mol. The molecule has 0 aliphatic carbocycles. The molecule has 0 atom stereocenters. The van der Waals surface area contributed by atoms with Crippen LogP contribution in [0.3, 0.4) is 0 Å². The van der Waals surface area contributed by atoms with Gasteiger partial charge in [-0.15, -0.1) is 5.10 Å². The Bertz CT molecular complexity index is 551. The van der Waals surface area contributed by atoms with E-state index in [1.807, 2.05) is 18.2 Å². The number of benzene rings is 1. The Morgan fingerprint density at radius 3 is 2.44 bits per heavy atom. The third kappa shape index (κ3) is 3.13. The number of carbonyl (C=O) groups is 1. The quantitative estimate of drug-likeness (QED) is 0.866. The van der Waals surface area contributed by atoms with E-state index in [0.29, 0.717) is 0 Å². The van der Waals surface area contributed by atoms with Gasteiger partial charge in [-0.05, 0) is 12.1 Å². The van der Waals surface area contributed by atoms with Crippen LogP contribution in [0.2, 0.25) is 0 Å². The van der Waals surface area contributed by atoms with E-state index >= 15 is 0 Å². The second-order valence-corrected chi connectivity index (χ2v) is 5.51. The van der Waals surface area contributed by atoms with Crippen molar-refractivity contribution in [1.29, 1.82) is 0 Å². The van der Waals surface area contributed by atoms with Crippen molar-refractivity contribution in [3.8, 4) is 11.5 Å². The maximum atomic E-state index is 11.3. The average molecular weight is 307 g/mol. The van der Waals surface area contributed by atoms with Crippen LogP contribution in [0.5, 0.6) is 0 Å². The van der Waals surface area contributed by atoms with Crippen LogP contribution in [0.4, 0.5) is 6.01 Å². The number of amides is 1. The zero-order valence-electron chi connectivity index (χ0n) is 8.73. The highest BCUT2D eigenvalue weighted by Gasteiger charge is 2.31. The highest BCUT2D eigenvalue weighted by Crippen LogP contribution is 2.28. The topological polar surface area (TPSA) is 68.0 Å². The zero-order valence-corrected chi connectivity index (χ0v) is 11.0. The SMILES string of the molecule is O=C(Nc1nnc(-c2ccccc2)o1)C(Cl)(Cl)Cl. The van der Waals surface area contributed by atoms with Crippen molar-refractivity contribution in [2.45, 2.75) is 3.79 Å². The van der Waals surface area contributed by atoms with Gasteiger partial charge in [-0.1, -0.05) is 58.1 Å². The van der Waals surface area contributed by atoms with Crippen LogP contribution >= 0.6 is 34.8 Å². The van der Waals surface area contributed by atoms with Gasteiger partial charge in [-0.3, -0.25) is 10.1 Å². The first-order valence-electron chi connectivity index (χ1n) is 4.74. The summed E-state index contributed by atoms with van der Waals surface area (Å²) in [4.78, 5) is 11.3.